The van der Waals surface area contributed by atoms with Gasteiger partial charge in [-0.3, -0.25) is 0 Å². The van der Waals surface area contributed by atoms with E-state index in [0.717, 1.165) is 0 Å². The number of rotatable bonds is 1. The lowest BCUT2D eigenvalue weighted by atomic mass is 10.3. The number of fused-ring (bicyclic) bond motifs is 1. The van der Waals surface area contributed by atoms with Gasteiger partial charge in [-0.25, -0.2) is 4.98 Å². The molecule has 1 aromatic heterocycles. The van der Waals surface area contributed by atoms with Crippen LogP contribution < -0.4 is 15.2 Å². The van der Waals surface area contributed by atoms with Crippen molar-refractivity contribution >= 4 is 0 Å². The zero-order chi connectivity index (χ0) is 8.39. The zero-order valence-electron chi connectivity index (χ0n) is 6.56. The SMILES string of the molecule is NC[C@H]1COc2cccnc2O1. The van der Waals surface area contributed by atoms with Gasteiger partial charge in [-0.05, 0) is 12.1 Å². The molecule has 1 atom stereocenters. The van der Waals surface area contributed by atoms with Crippen LogP contribution in [-0.4, -0.2) is 24.2 Å². The van der Waals surface area contributed by atoms with E-state index in [1.807, 2.05) is 12.1 Å². The molecular weight excluding hydrogens is 156 g/mol. The predicted octanol–water partition coefficient (Wildman–Crippen LogP) is 0.180. The molecule has 0 saturated heterocycles. The Labute approximate surface area is 70.3 Å². The van der Waals surface area contributed by atoms with E-state index in [-0.39, 0.29) is 6.10 Å². The summed E-state index contributed by atoms with van der Waals surface area (Å²) in [5.74, 6) is 1.24. The predicted molar refractivity (Wildman–Crippen MR) is 43.2 cm³/mol. The molecule has 2 rings (SSSR count). The Bertz CT molecular complexity index is 278. The smallest absolute Gasteiger partial charge is 0.257 e. The molecular formula is C8H10N2O2. The van der Waals surface area contributed by atoms with Crippen LogP contribution in [0.2, 0.25) is 0 Å². The van der Waals surface area contributed by atoms with Crippen LogP contribution in [0.25, 0.3) is 0 Å². The van der Waals surface area contributed by atoms with E-state index in [0.29, 0.717) is 24.8 Å². The number of hydrogen-bond acceptors (Lipinski definition) is 4. The first-order chi connectivity index (χ1) is 5.90. The van der Waals surface area contributed by atoms with Crippen LogP contribution in [-0.2, 0) is 0 Å². The molecule has 1 aliphatic rings. The van der Waals surface area contributed by atoms with Gasteiger partial charge in [0.2, 0.25) is 0 Å². The molecule has 0 radical (unpaired) electrons. The summed E-state index contributed by atoms with van der Waals surface area (Å²) in [4.78, 5) is 4.01. The van der Waals surface area contributed by atoms with Crippen molar-refractivity contribution in [3.63, 3.8) is 0 Å². The van der Waals surface area contributed by atoms with Crippen molar-refractivity contribution in [1.29, 1.82) is 0 Å². The highest BCUT2D eigenvalue weighted by molar-refractivity contribution is 5.33. The summed E-state index contributed by atoms with van der Waals surface area (Å²) in [6, 6.07) is 3.64. The van der Waals surface area contributed by atoms with Gasteiger partial charge in [-0.2, -0.15) is 0 Å². The number of hydrogen-bond donors (Lipinski definition) is 1. The van der Waals surface area contributed by atoms with Crippen LogP contribution in [0.3, 0.4) is 0 Å². The van der Waals surface area contributed by atoms with Crippen LogP contribution in [0.5, 0.6) is 11.6 Å². The molecule has 0 bridgehead atoms. The molecule has 0 fully saturated rings. The summed E-state index contributed by atoms with van der Waals surface area (Å²) in [6.07, 6.45) is 1.61. The van der Waals surface area contributed by atoms with Crippen LogP contribution >= 0.6 is 0 Å². The van der Waals surface area contributed by atoms with E-state index in [1.54, 1.807) is 6.20 Å². The summed E-state index contributed by atoms with van der Waals surface area (Å²) < 4.78 is 10.8. The molecule has 1 aliphatic heterocycles. The van der Waals surface area contributed by atoms with Crippen molar-refractivity contribution in [2.45, 2.75) is 6.10 Å². The summed E-state index contributed by atoms with van der Waals surface area (Å²) in [5, 5.41) is 0. The van der Waals surface area contributed by atoms with E-state index in [4.69, 9.17) is 15.2 Å². The van der Waals surface area contributed by atoms with Crippen LogP contribution in [0, 0.1) is 0 Å². The van der Waals surface area contributed by atoms with Gasteiger partial charge >= 0.3 is 0 Å². The van der Waals surface area contributed by atoms with Gasteiger partial charge in [-0.15, -0.1) is 0 Å². The van der Waals surface area contributed by atoms with Gasteiger partial charge in [0.25, 0.3) is 5.88 Å². The molecule has 64 valence electrons. The van der Waals surface area contributed by atoms with Crippen LogP contribution in [0.1, 0.15) is 0 Å². The first-order valence-corrected chi connectivity index (χ1v) is 3.84. The van der Waals surface area contributed by atoms with E-state index in [9.17, 15) is 0 Å². The highest BCUT2D eigenvalue weighted by atomic mass is 16.6. The van der Waals surface area contributed by atoms with Crippen molar-refractivity contribution in [3.05, 3.63) is 18.3 Å². The largest absolute Gasteiger partial charge is 0.484 e. The van der Waals surface area contributed by atoms with Gasteiger partial charge in [0.15, 0.2) is 5.75 Å². The number of nitrogens with two attached hydrogens (primary N) is 1. The van der Waals surface area contributed by atoms with Crippen molar-refractivity contribution in [2.24, 2.45) is 5.73 Å². The summed E-state index contributed by atoms with van der Waals surface area (Å²) >= 11 is 0. The standard InChI is InChI=1S/C8H10N2O2/c9-4-6-5-11-7-2-1-3-10-8(7)12-6/h1-3,6H,4-5,9H2/t6-/m0/s1. The molecule has 0 aliphatic carbocycles. The third-order valence-electron chi connectivity index (χ3n) is 1.70. The summed E-state index contributed by atoms with van der Waals surface area (Å²) in [6.45, 7) is 0.963. The average Bonchev–Trinajstić information content (AvgIpc) is 2.17. The molecule has 0 amide bonds. The van der Waals surface area contributed by atoms with Crippen molar-refractivity contribution in [2.75, 3.05) is 13.2 Å². The molecule has 2 heterocycles. The number of pyridine rings is 1. The first kappa shape index (κ1) is 7.36. The van der Waals surface area contributed by atoms with E-state index in [1.165, 1.54) is 0 Å². The maximum atomic E-state index is 5.43. The second-order valence-electron chi connectivity index (χ2n) is 2.59. The van der Waals surface area contributed by atoms with Gasteiger partial charge in [0.05, 0.1) is 0 Å². The number of ether oxygens (including phenoxy) is 2. The Morgan fingerprint density at radius 2 is 2.58 bits per heavy atom. The summed E-state index contributed by atoms with van der Waals surface area (Å²) in [7, 11) is 0. The lowest BCUT2D eigenvalue weighted by Crippen LogP contribution is -2.36. The second-order valence-corrected chi connectivity index (χ2v) is 2.59. The van der Waals surface area contributed by atoms with E-state index < -0.39 is 0 Å². The molecule has 0 spiro atoms. The fourth-order valence-corrected chi connectivity index (χ4v) is 1.07. The fraction of sp³-hybridized carbons (Fsp3) is 0.375. The first-order valence-electron chi connectivity index (χ1n) is 3.84. The molecule has 0 aromatic carbocycles. The quantitative estimate of drug-likeness (QED) is 0.646. The zero-order valence-corrected chi connectivity index (χ0v) is 6.56. The molecule has 4 nitrogen and oxygen atoms in total. The number of nitrogens with zero attached hydrogens (tertiary/aromatic N) is 1. The Balaban J connectivity index is 2.23. The maximum Gasteiger partial charge on any atom is 0.257 e. The minimum absolute atomic E-state index is 0.0626. The molecule has 12 heavy (non-hydrogen) atoms. The molecule has 0 unspecified atom stereocenters. The lowest BCUT2D eigenvalue weighted by Gasteiger charge is -2.23. The maximum absolute atomic E-state index is 5.43. The number of aromatic nitrogens is 1. The third-order valence-corrected chi connectivity index (χ3v) is 1.70. The average molecular weight is 166 g/mol. The molecule has 4 heteroatoms. The molecule has 0 saturated carbocycles. The minimum atomic E-state index is -0.0626. The Hall–Kier alpha value is -1.29. The molecule has 2 N–H and O–H groups in total. The van der Waals surface area contributed by atoms with E-state index >= 15 is 0 Å². The Kier molecular flexibility index (Phi) is 1.83. The molecule has 1 aromatic rings. The Morgan fingerprint density at radius 1 is 1.67 bits per heavy atom. The third kappa shape index (κ3) is 1.21. The van der Waals surface area contributed by atoms with Gasteiger partial charge in [0, 0.05) is 12.7 Å². The van der Waals surface area contributed by atoms with Crippen molar-refractivity contribution in [1.82, 2.24) is 4.98 Å². The van der Waals surface area contributed by atoms with Gasteiger partial charge in [0.1, 0.15) is 12.7 Å². The highest BCUT2D eigenvalue weighted by Gasteiger charge is 2.19. The second kappa shape index (κ2) is 2.98. The minimum Gasteiger partial charge on any atom is -0.484 e. The van der Waals surface area contributed by atoms with Crippen LogP contribution in [0.4, 0.5) is 0 Å². The topological polar surface area (TPSA) is 57.4 Å². The highest BCUT2D eigenvalue weighted by Crippen LogP contribution is 2.27. The van der Waals surface area contributed by atoms with Crippen molar-refractivity contribution in [3.8, 4) is 11.6 Å². The monoisotopic (exact) mass is 166 g/mol. The Morgan fingerprint density at radius 3 is 3.42 bits per heavy atom. The van der Waals surface area contributed by atoms with Crippen LogP contribution in [0.15, 0.2) is 18.3 Å². The van der Waals surface area contributed by atoms with Gasteiger partial charge < -0.3 is 15.2 Å². The van der Waals surface area contributed by atoms with E-state index in [2.05, 4.69) is 4.98 Å². The summed E-state index contributed by atoms with van der Waals surface area (Å²) in [5.41, 5.74) is 5.43. The van der Waals surface area contributed by atoms with Crippen molar-refractivity contribution < 1.29 is 9.47 Å². The normalized spacial score (nSPS) is 20.6. The fourth-order valence-electron chi connectivity index (χ4n) is 1.07. The van der Waals surface area contributed by atoms with Gasteiger partial charge in [-0.1, -0.05) is 0 Å². The lowest BCUT2D eigenvalue weighted by molar-refractivity contribution is 0.0907.